The molecular formula is C16H13BrN2. The smallest absolute Gasteiger partial charge is 0.0703 e. The second-order valence-electron chi connectivity index (χ2n) is 4.36. The average Bonchev–Trinajstić information content (AvgIpc) is 2.46. The minimum absolute atomic E-state index is 0.799. The summed E-state index contributed by atoms with van der Waals surface area (Å²) in [5.74, 6) is 0. The molecule has 0 aliphatic carbocycles. The first-order chi connectivity index (χ1) is 9.33. The first-order valence-electron chi connectivity index (χ1n) is 6.15. The molecule has 0 radical (unpaired) electrons. The highest BCUT2D eigenvalue weighted by atomic mass is 79.9. The molecule has 3 rings (SSSR count). The Balaban J connectivity index is 1.80. The molecule has 1 aromatic heterocycles. The first kappa shape index (κ1) is 12.2. The van der Waals surface area contributed by atoms with Crippen molar-refractivity contribution in [1.29, 1.82) is 0 Å². The van der Waals surface area contributed by atoms with Crippen LogP contribution in [0.25, 0.3) is 10.9 Å². The van der Waals surface area contributed by atoms with E-state index in [1.807, 2.05) is 30.5 Å². The molecular weight excluding hydrogens is 300 g/mol. The van der Waals surface area contributed by atoms with Crippen LogP contribution >= 0.6 is 15.9 Å². The maximum Gasteiger partial charge on any atom is 0.0703 e. The van der Waals surface area contributed by atoms with Crippen LogP contribution in [0.2, 0.25) is 0 Å². The lowest BCUT2D eigenvalue weighted by atomic mass is 10.2. The van der Waals surface area contributed by atoms with Crippen LogP contribution in [-0.4, -0.2) is 4.98 Å². The SMILES string of the molecule is Brc1ccccc1CNc1ccc2ncccc2c1. The second kappa shape index (κ2) is 5.41. The molecule has 0 saturated heterocycles. The topological polar surface area (TPSA) is 24.9 Å². The molecule has 0 amide bonds. The van der Waals surface area contributed by atoms with Gasteiger partial charge < -0.3 is 5.32 Å². The number of fused-ring (bicyclic) bond motifs is 1. The third-order valence-corrected chi connectivity index (χ3v) is 3.82. The summed E-state index contributed by atoms with van der Waals surface area (Å²) in [5.41, 5.74) is 3.37. The van der Waals surface area contributed by atoms with Crippen LogP contribution in [0.15, 0.2) is 65.3 Å². The summed E-state index contributed by atoms with van der Waals surface area (Å²) in [4.78, 5) is 4.32. The van der Waals surface area contributed by atoms with Crippen molar-refractivity contribution in [3.8, 4) is 0 Å². The van der Waals surface area contributed by atoms with E-state index >= 15 is 0 Å². The van der Waals surface area contributed by atoms with Crippen molar-refractivity contribution in [2.24, 2.45) is 0 Å². The fraction of sp³-hybridized carbons (Fsp3) is 0.0625. The molecule has 0 spiro atoms. The number of nitrogens with one attached hydrogen (secondary N) is 1. The van der Waals surface area contributed by atoms with Crippen LogP contribution in [0, 0.1) is 0 Å². The van der Waals surface area contributed by atoms with Crippen LogP contribution in [0.1, 0.15) is 5.56 Å². The molecule has 0 fully saturated rings. The van der Waals surface area contributed by atoms with Crippen molar-refractivity contribution in [3.63, 3.8) is 0 Å². The van der Waals surface area contributed by atoms with Gasteiger partial charge in [-0.3, -0.25) is 4.98 Å². The quantitative estimate of drug-likeness (QED) is 0.764. The van der Waals surface area contributed by atoms with E-state index in [0.717, 1.165) is 27.6 Å². The van der Waals surface area contributed by atoms with Gasteiger partial charge >= 0.3 is 0 Å². The van der Waals surface area contributed by atoms with Gasteiger partial charge in [-0.05, 0) is 35.9 Å². The van der Waals surface area contributed by atoms with Gasteiger partial charge in [0.2, 0.25) is 0 Å². The number of rotatable bonds is 3. The monoisotopic (exact) mass is 312 g/mol. The Morgan fingerprint density at radius 3 is 2.79 bits per heavy atom. The number of aromatic nitrogens is 1. The summed E-state index contributed by atoms with van der Waals surface area (Å²) in [6, 6.07) is 18.5. The van der Waals surface area contributed by atoms with E-state index in [1.165, 1.54) is 5.56 Å². The predicted molar refractivity (Wildman–Crippen MR) is 83.2 cm³/mol. The summed E-state index contributed by atoms with van der Waals surface area (Å²) >= 11 is 3.56. The van der Waals surface area contributed by atoms with Crippen LogP contribution in [0.4, 0.5) is 5.69 Å². The first-order valence-corrected chi connectivity index (χ1v) is 6.94. The van der Waals surface area contributed by atoms with E-state index in [0.29, 0.717) is 0 Å². The molecule has 0 unspecified atom stereocenters. The lowest BCUT2D eigenvalue weighted by Crippen LogP contribution is -1.99. The van der Waals surface area contributed by atoms with E-state index in [2.05, 4.69) is 56.6 Å². The zero-order valence-electron chi connectivity index (χ0n) is 10.3. The largest absolute Gasteiger partial charge is 0.381 e. The van der Waals surface area contributed by atoms with E-state index in [4.69, 9.17) is 0 Å². The van der Waals surface area contributed by atoms with Crippen molar-refractivity contribution in [1.82, 2.24) is 4.98 Å². The van der Waals surface area contributed by atoms with Crippen molar-refractivity contribution in [2.75, 3.05) is 5.32 Å². The summed E-state index contributed by atoms with van der Waals surface area (Å²) in [7, 11) is 0. The number of benzene rings is 2. The lowest BCUT2D eigenvalue weighted by Gasteiger charge is -2.09. The molecule has 1 heterocycles. The van der Waals surface area contributed by atoms with Gasteiger partial charge in [0.25, 0.3) is 0 Å². The third-order valence-electron chi connectivity index (χ3n) is 3.04. The van der Waals surface area contributed by atoms with Crippen LogP contribution in [0.5, 0.6) is 0 Å². The molecule has 0 atom stereocenters. The molecule has 3 aromatic rings. The zero-order chi connectivity index (χ0) is 13.1. The molecule has 1 N–H and O–H groups in total. The van der Waals surface area contributed by atoms with Gasteiger partial charge in [0.1, 0.15) is 0 Å². The third kappa shape index (κ3) is 2.76. The summed E-state index contributed by atoms with van der Waals surface area (Å²) in [6.45, 7) is 0.799. The molecule has 94 valence electrons. The predicted octanol–water partition coefficient (Wildman–Crippen LogP) is 4.61. The van der Waals surface area contributed by atoms with E-state index in [1.54, 1.807) is 0 Å². The Morgan fingerprint density at radius 2 is 1.89 bits per heavy atom. The van der Waals surface area contributed by atoms with Gasteiger partial charge in [-0.25, -0.2) is 0 Å². The summed E-state index contributed by atoms with van der Waals surface area (Å²) < 4.78 is 1.13. The molecule has 0 saturated carbocycles. The van der Waals surface area contributed by atoms with Crippen LogP contribution < -0.4 is 5.32 Å². The Kier molecular flexibility index (Phi) is 3.47. The average molecular weight is 313 g/mol. The van der Waals surface area contributed by atoms with Crippen molar-refractivity contribution >= 4 is 32.5 Å². The molecule has 2 nitrogen and oxygen atoms in total. The van der Waals surface area contributed by atoms with E-state index < -0.39 is 0 Å². The van der Waals surface area contributed by atoms with Gasteiger partial charge in [-0.1, -0.05) is 40.2 Å². The highest BCUT2D eigenvalue weighted by Crippen LogP contribution is 2.20. The highest BCUT2D eigenvalue weighted by Gasteiger charge is 2.00. The highest BCUT2D eigenvalue weighted by molar-refractivity contribution is 9.10. The van der Waals surface area contributed by atoms with Crippen LogP contribution in [-0.2, 0) is 6.54 Å². The molecule has 3 heteroatoms. The Hall–Kier alpha value is -1.87. The van der Waals surface area contributed by atoms with Gasteiger partial charge in [0.15, 0.2) is 0 Å². The lowest BCUT2D eigenvalue weighted by molar-refractivity contribution is 1.14. The number of hydrogen-bond acceptors (Lipinski definition) is 2. The van der Waals surface area contributed by atoms with Crippen LogP contribution in [0.3, 0.4) is 0 Å². The Labute approximate surface area is 120 Å². The Morgan fingerprint density at radius 1 is 1.00 bits per heavy atom. The van der Waals surface area contributed by atoms with Gasteiger partial charge in [-0.2, -0.15) is 0 Å². The second-order valence-corrected chi connectivity index (χ2v) is 5.21. The number of pyridine rings is 1. The fourth-order valence-electron chi connectivity index (χ4n) is 2.02. The maximum atomic E-state index is 4.32. The normalized spacial score (nSPS) is 10.6. The minimum Gasteiger partial charge on any atom is -0.381 e. The number of halogens is 1. The number of nitrogens with zero attached hydrogens (tertiary/aromatic N) is 1. The molecule has 0 aliphatic heterocycles. The molecule has 2 aromatic carbocycles. The van der Waals surface area contributed by atoms with Crippen molar-refractivity contribution in [2.45, 2.75) is 6.54 Å². The summed E-state index contributed by atoms with van der Waals surface area (Å²) in [5, 5.41) is 4.59. The van der Waals surface area contributed by atoms with Crippen molar-refractivity contribution < 1.29 is 0 Å². The Bertz CT molecular complexity index is 710. The van der Waals surface area contributed by atoms with Gasteiger partial charge in [0.05, 0.1) is 5.52 Å². The molecule has 19 heavy (non-hydrogen) atoms. The molecule has 0 bridgehead atoms. The minimum atomic E-state index is 0.799. The number of hydrogen-bond donors (Lipinski definition) is 1. The number of anilines is 1. The standard InChI is InChI=1S/C16H13BrN2/c17-15-6-2-1-4-13(15)11-19-14-7-8-16-12(10-14)5-3-9-18-16/h1-10,19H,11H2. The van der Waals surface area contributed by atoms with E-state index in [9.17, 15) is 0 Å². The van der Waals surface area contributed by atoms with E-state index in [-0.39, 0.29) is 0 Å². The fourth-order valence-corrected chi connectivity index (χ4v) is 2.45. The van der Waals surface area contributed by atoms with Gasteiger partial charge in [-0.15, -0.1) is 0 Å². The summed E-state index contributed by atoms with van der Waals surface area (Å²) in [6.07, 6.45) is 1.82. The zero-order valence-corrected chi connectivity index (χ0v) is 11.9. The maximum absolute atomic E-state index is 4.32. The molecule has 0 aliphatic rings. The van der Waals surface area contributed by atoms with Crippen molar-refractivity contribution in [3.05, 3.63) is 70.8 Å². The van der Waals surface area contributed by atoms with Gasteiger partial charge in [0, 0.05) is 28.3 Å².